The molecule has 114 valence electrons. The van der Waals surface area contributed by atoms with Gasteiger partial charge in [0.15, 0.2) is 28.9 Å². The van der Waals surface area contributed by atoms with E-state index in [1.54, 1.807) is 6.07 Å². The van der Waals surface area contributed by atoms with Gasteiger partial charge in [0.25, 0.3) is 0 Å². The Morgan fingerprint density at radius 3 is 2.68 bits per heavy atom. The summed E-state index contributed by atoms with van der Waals surface area (Å²) >= 11 is 0. The summed E-state index contributed by atoms with van der Waals surface area (Å²) in [5.74, 6) is -1.10. The molecule has 1 heterocycles. The van der Waals surface area contributed by atoms with Crippen LogP contribution in [0, 0.1) is 11.6 Å². The van der Waals surface area contributed by atoms with Crippen molar-refractivity contribution in [3.05, 3.63) is 47.5 Å². The molecular weight excluding hydrogens is 294 g/mol. The summed E-state index contributed by atoms with van der Waals surface area (Å²) in [6.07, 6.45) is 0.305. The first-order valence-corrected chi connectivity index (χ1v) is 6.60. The Labute approximate surface area is 125 Å². The molecule has 0 aliphatic carbocycles. The lowest BCUT2D eigenvalue weighted by Crippen LogP contribution is -2.16. The van der Waals surface area contributed by atoms with Crippen LogP contribution in [0.25, 0.3) is 0 Å². The molecule has 0 unspecified atom stereocenters. The summed E-state index contributed by atoms with van der Waals surface area (Å²) in [7, 11) is 1.41. The van der Waals surface area contributed by atoms with Crippen molar-refractivity contribution in [2.24, 2.45) is 0 Å². The Morgan fingerprint density at radius 2 is 1.95 bits per heavy atom. The van der Waals surface area contributed by atoms with E-state index in [1.165, 1.54) is 19.2 Å². The second-order valence-electron chi connectivity index (χ2n) is 4.67. The number of hydrogen-bond donors (Lipinski definition) is 0. The normalized spacial score (nSPS) is 13.3. The number of methoxy groups -OCH3 is 1. The number of Topliss-reactive ketones (excluding diaryl/α,β-unsaturated/α-hetero) is 1. The molecule has 2 aromatic rings. The van der Waals surface area contributed by atoms with Crippen molar-refractivity contribution < 1.29 is 27.8 Å². The van der Waals surface area contributed by atoms with E-state index >= 15 is 0 Å². The Balaban J connectivity index is 2.00. The van der Waals surface area contributed by atoms with Crippen molar-refractivity contribution in [1.82, 2.24) is 0 Å². The molecular formula is C16H12F2O4. The monoisotopic (exact) mass is 306 g/mol. The van der Waals surface area contributed by atoms with E-state index in [0.717, 1.165) is 12.1 Å². The largest absolute Gasteiger partial charge is 0.490 e. The van der Waals surface area contributed by atoms with Crippen molar-refractivity contribution >= 4 is 5.78 Å². The van der Waals surface area contributed by atoms with Crippen LogP contribution in [0.1, 0.15) is 16.8 Å². The number of rotatable bonds is 3. The lowest BCUT2D eigenvalue weighted by Gasteiger charge is -2.20. The van der Waals surface area contributed by atoms with Gasteiger partial charge in [-0.2, -0.15) is 0 Å². The van der Waals surface area contributed by atoms with Gasteiger partial charge in [-0.15, -0.1) is 0 Å². The van der Waals surface area contributed by atoms with Gasteiger partial charge >= 0.3 is 0 Å². The van der Waals surface area contributed by atoms with Gasteiger partial charge in [-0.3, -0.25) is 4.79 Å². The van der Waals surface area contributed by atoms with Gasteiger partial charge in [-0.25, -0.2) is 8.78 Å². The second kappa shape index (κ2) is 5.63. The van der Waals surface area contributed by atoms with Crippen molar-refractivity contribution in [1.29, 1.82) is 0 Å². The van der Waals surface area contributed by atoms with E-state index in [2.05, 4.69) is 0 Å². The van der Waals surface area contributed by atoms with Crippen molar-refractivity contribution in [2.45, 2.75) is 6.42 Å². The van der Waals surface area contributed by atoms with Gasteiger partial charge < -0.3 is 14.2 Å². The number of carbonyl (C=O) groups excluding carboxylic acids is 1. The molecule has 0 radical (unpaired) electrons. The second-order valence-corrected chi connectivity index (χ2v) is 4.67. The Morgan fingerprint density at radius 1 is 1.14 bits per heavy atom. The van der Waals surface area contributed by atoms with Crippen molar-refractivity contribution in [2.75, 3.05) is 13.7 Å². The maximum atomic E-state index is 13.2. The predicted molar refractivity (Wildman–Crippen MR) is 73.9 cm³/mol. The van der Waals surface area contributed by atoms with Crippen molar-refractivity contribution in [3.8, 4) is 23.0 Å². The third-order valence-corrected chi connectivity index (χ3v) is 3.27. The SMILES string of the molecule is COc1c(Oc2ccc(F)c(F)c2)ccc2c1OCCC2=O. The Hall–Kier alpha value is -2.63. The van der Waals surface area contributed by atoms with E-state index in [-0.39, 0.29) is 29.6 Å². The summed E-state index contributed by atoms with van der Waals surface area (Å²) in [5.41, 5.74) is 0.417. The van der Waals surface area contributed by atoms with Gasteiger partial charge in [0.2, 0.25) is 5.75 Å². The zero-order chi connectivity index (χ0) is 15.7. The highest BCUT2D eigenvalue weighted by molar-refractivity contribution is 6.00. The van der Waals surface area contributed by atoms with E-state index in [1.807, 2.05) is 0 Å². The third kappa shape index (κ3) is 2.47. The topological polar surface area (TPSA) is 44.8 Å². The van der Waals surface area contributed by atoms with Crippen LogP contribution >= 0.6 is 0 Å². The molecule has 0 atom stereocenters. The summed E-state index contributed by atoms with van der Waals surface area (Å²) in [5, 5.41) is 0. The summed E-state index contributed by atoms with van der Waals surface area (Å²) in [6, 6.07) is 6.29. The highest BCUT2D eigenvalue weighted by Gasteiger charge is 2.25. The van der Waals surface area contributed by atoms with Gasteiger partial charge in [0.05, 0.1) is 19.3 Å². The summed E-state index contributed by atoms with van der Waals surface area (Å²) < 4.78 is 42.4. The molecule has 6 heteroatoms. The van der Waals surface area contributed by atoms with Crippen LogP contribution in [-0.2, 0) is 0 Å². The molecule has 0 spiro atoms. The van der Waals surface area contributed by atoms with Gasteiger partial charge in [-0.1, -0.05) is 0 Å². The van der Waals surface area contributed by atoms with Crippen LogP contribution in [0.5, 0.6) is 23.0 Å². The number of carbonyl (C=O) groups is 1. The molecule has 0 N–H and O–H groups in total. The van der Waals surface area contributed by atoms with Gasteiger partial charge in [0.1, 0.15) is 5.75 Å². The van der Waals surface area contributed by atoms with Crippen LogP contribution in [0.15, 0.2) is 30.3 Å². The van der Waals surface area contributed by atoms with E-state index in [9.17, 15) is 13.6 Å². The Kier molecular flexibility index (Phi) is 3.66. The van der Waals surface area contributed by atoms with Gasteiger partial charge in [-0.05, 0) is 24.3 Å². The minimum absolute atomic E-state index is 0.0427. The molecule has 0 saturated carbocycles. The molecule has 2 aromatic carbocycles. The fourth-order valence-electron chi connectivity index (χ4n) is 2.23. The highest BCUT2D eigenvalue weighted by Crippen LogP contribution is 2.43. The van der Waals surface area contributed by atoms with Crippen molar-refractivity contribution in [3.63, 3.8) is 0 Å². The molecule has 0 fully saturated rings. The summed E-state index contributed by atoms with van der Waals surface area (Å²) in [4.78, 5) is 11.8. The molecule has 3 rings (SSSR count). The number of halogens is 2. The molecule has 4 nitrogen and oxygen atoms in total. The molecule has 1 aliphatic rings. The number of fused-ring (bicyclic) bond motifs is 1. The molecule has 1 aliphatic heterocycles. The zero-order valence-corrected chi connectivity index (χ0v) is 11.7. The molecule has 0 saturated heterocycles. The molecule has 22 heavy (non-hydrogen) atoms. The van der Waals surface area contributed by atoms with E-state index in [4.69, 9.17) is 14.2 Å². The minimum Gasteiger partial charge on any atom is -0.490 e. The first-order valence-electron chi connectivity index (χ1n) is 6.60. The first kappa shape index (κ1) is 14.3. The number of ether oxygens (including phenoxy) is 3. The number of benzene rings is 2. The first-order chi connectivity index (χ1) is 10.6. The molecule has 0 amide bonds. The van der Waals surface area contributed by atoms with Crippen LogP contribution in [0.2, 0.25) is 0 Å². The minimum atomic E-state index is -1.01. The lowest BCUT2D eigenvalue weighted by molar-refractivity contribution is 0.0930. The average molecular weight is 306 g/mol. The standard InChI is InChI=1S/C16H12F2O4/c1-20-16-14(22-9-2-4-11(17)12(18)8-9)5-3-10-13(19)6-7-21-15(10)16/h2-5,8H,6-7H2,1H3. The number of hydrogen-bond acceptors (Lipinski definition) is 4. The van der Waals surface area contributed by atoms with Crippen LogP contribution in [0.4, 0.5) is 8.78 Å². The van der Waals surface area contributed by atoms with Crippen LogP contribution < -0.4 is 14.2 Å². The van der Waals surface area contributed by atoms with Gasteiger partial charge in [0, 0.05) is 12.5 Å². The fraction of sp³-hybridized carbons (Fsp3) is 0.188. The lowest BCUT2D eigenvalue weighted by atomic mass is 10.0. The van der Waals surface area contributed by atoms with Crippen LogP contribution in [-0.4, -0.2) is 19.5 Å². The molecule has 0 bridgehead atoms. The summed E-state index contributed by atoms with van der Waals surface area (Å²) in [6.45, 7) is 0.261. The maximum Gasteiger partial charge on any atom is 0.204 e. The highest BCUT2D eigenvalue weighted by atomic mass is 19.2. The van der Waals surface area contributed by atoms with Crippen LogP contribution in [0.3, 0.4) is 0 Å². The zero-order valence-electron chi connectivity index (χ0n) is 11.7. The average Bonchev–Trinajstić information content (AvgIpc) is 2.51. The maximum absolute atomic E-state index is 13.2. The number of ketones is 1. The van der Waals surface area contributed by atoms with E-state index in [0.29, 0.717) is 17.7 Å². The smallest absolute Gasteiger partial charge is 0.204 e. The molecule has 0 aromatic heterocycles. The predicted octanol–water partition coefficient (Wildman–Crippen LogP) is 3.73. The quantitative estimate of drug-likeness (QED) is 0.866. The third-order valence-electron chi connectivity index (χ3n) is 3.27. The van der Waals surface area contributed by atoms with E-state index < -0.39 is 11.6 Å². The Bertz CT molecular complexity index is 743. The fourth-order valence-corrected chi connectivity index (χ4v) is 2.23.